The van der Waals surface area contributed by atoms with Crippen molar-refractivity contribution in [2.45, 2.75) is 82.9 Å². The number of quaternary nitrogens is 1. The molecule has 3 N–H and O–H groups in total. The highest BCUT2D eigenvalue weighted by Crippen LogP contribution is 2.42. The van der Waals surface area contributed by atoms with Crippen LogP contribution < -0.4 is 15.8 Å². The number of carbonyl (C=O) groups excluding carboxylic acids is 2. The molecule has 288 valence electrons. The minimum Gasteiger partial charge on any atom is -0.744 e. The number of rotatable bonds is 18. The van der Waals surface area contributed by atoms with Gasteiger partial charge in [0.1, 0.15) is 35.6 Å². The number of benzene rings is 4. The molecule has 0 saturated carbocycles. The van der Waals surface area contributed by atoms with Crippen LogP contribution in [0.2, 0.25) is 0 Å². The van der Waals surface area contributed by atoms with Crippen LogP contribution in [-0.4, -0.2) is 66.3 Å². The van der Waals surface area contributed by atoms with Crippen molar-refractivity contribution in [1.82, 2.24) is 0 Å². The Morgan fingerprint density at radius 1 is 0.907 bits per heavy atom. The Bertz CT molecular complexity index is 2120. The minimum atomic E-state index is -4.70. The molecule has 0 spiro atoms. The number of aryl methyl sites for hydroxylation is 2. The van der Waals surface area contributed by atoms with Crippen LogP contribution in [0.4, 0.5) is 17.1 Å². The third-order valence-corrected chi connectivity index (χ3v) is 13.3. The maximum absolute atomic E-state index is 14.3. The van der Waals surface area contributed by atoms with Gasteiger partial charge >= 0.3 is 0 Å². The number of fused-ring (bicyclic) bond motifs is 2. The van der Waals surface area contributed by atoms with Crippen LogP contribution >= 0.6 is 11.8 Å². The fourth-order valence-corrected chi connectivity index (χ4v) is 9.04. The molecule has 1 atom stereocenters. The second kappa shape index (κ2) is 17.1. The van der Waals surface area contributed by atoms with E-state index in [2.05, 4.69) is 33.0 Å². The van der Waals surface area contributed by atoms with Crippen molar-refractivity contribution in [3.63, 3.8) is 0 Å². The zero-order valence-electron chi connectivity index (χ0n) is 32.3. The highest BCUT2D eigenvalue weighted by Gasteiger charge is 2.36. The Morgan fingerprint density at radius 3 is 2.28 bits per heavy atom. The molecule has 11 heteroatoms. The number of ketones is 2. The smallest absolute Gasteiger partial charge is 0.196 e. The van der Waals surface area contributed by atoms with Gasteiger partial charge in [-0.3, -0.25) is 9.59 Å². The van der Waals surface area contributed by atoms with E-state index in [-0.39, 0.29) is 50.4 Å². The van der Waals surface area contributed by atoms with Crippen molar-refractivity contribution in [3.8, 4) is 5.75 Å². The summed E-state index contributed by atoms with van der Waals surface area (Å²) in [5.41, 5.74) is 11.3. The second-order valence-electron chi connectivity index (χ2n) is 14.9. The molecular formula is C43H53N3O6S2. The number of nitrogens with one attached hydrogen (secondary N) is 1. The fraction of sp³-hybridized carbons (Fsp3) is 0.395. The molecule has 0 heterocycles. The molecule has 0 radical (unpaired) electrons. The molecule has 1 aliphatic rings. The van der Waals surface area contributed by atoms with Gasteiger partial charge in [-0.25, -0.2) is 8.42 Å². The Labute approximate surface area is 325 Å². The van der Waals surface area contributed by atoms with Crippen molar-refractivity contribution in [2.75, 3.05) is 43.5 Å². The van der Waals surface area contributed by atoms with Gasteiger partial charge in [-0.05, 0) is 68.5 Å². The Kier molecular flexibility index (Phi) is 13.0. The second-order valence-corrected chi connectivity index (χ2v) is 17.9. The first-order chi connectivity index (χ1) is 25.6. The van der Waals surface area contributed by atoms with Gasteiger partial charge < -0.3 is 24.8 Å². The molecule has 0 fully saturated rings. The third-order valence-electron chi connectivity index (χ3n) is 10.7. The van der Waals surface area contributed by atoms with E-state index in [0.29, 0.717) is 46.5 Å². The van der Waals surface area contributed by atoms with Crippen molar-refractivity contribution in [3.05, 3.63) is 112 Å². The SMILES string of the molecule is CCCCc1ccc2c(c1)C(=O)c1c(Nc3ccccc3)cc(OCC[N+](C)(CCSC(C)(CC)CC)Cc3cc(C)ccc3S(=O)(=O)[O-])c(N)c1C2=O. The molecule has 9 nitrogen and oxygen atoms in total. The van der Waals surface area contributed by atoms with Gasteiger partial charge in [0.05, 0.1) is 41.0 Å². The maximum atomic E-state index is 14.3. The van der Waals surface area contributed by atoms with Gasteiger partial charge in [-0.2, -0.15) is 0 Å². The summed E-state index contributed by atoms with van der Waals surface area (Å²) in [4.78, 5) is 28.2. The number of nitrogen functional groups attached to an aromatic ring is 1. The number of nitrogens with two attached hydrogens (primary N) is 1. The normalized spacial score (nSPS) is 14.0. The summed E-state index contributed by atoms with van der Waals surface area (Å²) in [7, 11) is -2.66. The van der Waals surface area contributed by atoms with Gasteiger partial charge in [0.25, 0.3) is 0 Å². The highest BCUT2D eigenvalue weighted by atomic mass is 32.2. The van der Waals surface area contributed by atoms with Crippen LogP contribution in [0.1, 0.15) is 102 Å². The molecule has 4 aromatic rings. The Morgan fingerprint density at radius 2 is 1.61 bits per heavy atom. The van der Waals surface area contributed by atoms with Crippen molar-refractivity contribution in [1.29, 1.82) is 0 Å². The van der Waals surface area contributed by atoms with Gasteiger partial charge in [0.2, 0.25) is 0 Å². The molecule has 0 amide bonds. The predicted octanol–water partition coefficient (Wildman–Crippen LogP) is 8.68. The predicted molar refractivity (Wildman–Crippen MR) is 218 cm³/mol. The quantitative estimate of drug-likeness (QED) is 0.0509. The number of nitrogens with zero attached hydrogens (tertiary/aromatic N) is 1. The van der Waals surface area contributed by atoms with E-state index in [9.17, 15) is 22.6 Å². The molecule has 54 heavy (non-hydrogen) atoms. The minimum absolute atomic E-state index is 0.0903. The summed E-state index contributed by atoms with van der Waals surface area (Å²) < 4.78 is 43.9. The molecule has 0 bridgehead atoms. The topological polar surface area (TPSA) is 139 Å². The number of anilines is 3. The number of likely N-dealkylation sites (N-methyl/N-ethyl adjacent to an activating group) is 1. The van der Waals surface area contributed by atoms with Gasteiger partial charge in [0, 0.05) is 38.9 Å². The zero-order chi connectivity index (χ0) is 39.3. The fourth-order valence-electron chi connectivity index (χ4n) is 6.92. The van der Waals surface area contributed by atoms with Crippen molar-refractivity contribution < 1.29 is 31.8 Å². The van der Waals surface area contributed by atoms with Crippen LogP contribution in [0.15, 0.2) is 77.7 Å². The molecule has 0 aromatic heterocycles. The van der Waals surface area contributed by atoms with E-state index in [0.717, 1.165) is 54.7 Å². The van der Waals surface area contributed by atoms with E-state index in [4.69, 9.17) is 10.5 Å². The van der Waals surface area contributed by atoms with Gasteiger partial charge in [0.15, 0.2) is 11.6 Å². The third kappa shape index (κ3) is 9.37. The largest absolute Gasteiger partial charge is 0.744 e. The number of hydrogen-bond acceptors (Lipinski definition) is 9. The van der Waals surface area contributed by atoms with Gasteiger partial charge in [-0.1, -0.05) is 76.1 Å². The summed E-state index contributed by atoms with van der Waals surface area (Å²) in [5.74, 6) is 0.464. The summed E-state index contributed by atoms with van der Waals surface area (Å²) in [6, 6.07) is 21.4. The molecule has 1 aliphatic carbocycles. The van der Waals surface area contributed by atoms with Crippen LogP contribution in [0.25, 0.3) is 0 Å². The summed E-state index contributed by atoms with van der Waals surface area (Å²) >= 11 is 1.89. The zero-order valence-corrected chi connectivity index (χ0v) is 33.9. The Balaban J connectivity index is 1.50. The lowest BCUT2D eigenvalue weighted by molar-refractivity contribution is -0.920. The Hall–Kier alpha value is -4.16. The number of hydrogen-bond donors (Lipinski definition) is 2. The number of unbranched alkanes of at least 4 members (excludes halogenated alkanes) is 1. The molecule has 0 saturated heterocycles. The van der Waals surface area contributed by atoms with Crippen molar-refractivity contribution in [2.24, 2.45) is 0 Å². The van der Waals surface area contributed by atoms with Crippen molar-refractivity contribution >= 4 is 50.5 Å². The van der Waals surface area contributed by atoms with Crippen LogP contribution in [0.5, 0.6) is 5.75 Å². The lowest BCUT2D eigenvalue weighted by Gasteiger charge is -2.37. The van der Waals surface area contributed by atoms with Crippen LogP contribution in [0.3, 0.4) is 0 Å². The first kappa shape index (κ1) is 41.0. The summed E-state index contributed by atoms with van der Waals surface area (Å²) in [6.45, 7) is 12.2. The van der Waals surface area contributed by atoms with E-state index in [1.807, 2.05) is 68.2 Å². The molecule has 0 aliphatic heterocycles. The average molecular weight is 772 g/mol. The number of para-hydroxylation sites is 1. The van der Waals surface area contributed by atoms with Crippen LogP contribution in [-0.2, 0) is 23.1 Å². The van der Waals surface area contributed by atoms with E-state index >= 15 is 0 Å². The average Bonchev–Trinajstić information content (AvgIpc) is 3.13. The summed E-state index contributed by atoms with van der Waals surface area (Å²) in [5, 5.41) is 3.35. The highest BCUT2D eigenvalue weighted by molar-refractivity contribution is 8.00. The molecule has 1 unspecified atom stereocenters. The van der Waals surface area contributed by atoms with E-state index in [1.54, 1.807) is 24.3 Å². The lowest BCUT2D eigenvalue weighted by atomic mass is 9.81. The standard InChI is InChI=1S/C43H53N3O6S2/c1-7-10-14-30-18-19-33-34(26-30)42(48)38-35(45-32-15-12-11-13-16-32)27-36(40(44)39(38)41(33)47)52-23-21-46(6,22-24-53-43(5,8-2)9-3)28-31-25-29(4)17-20-37(31)54(49,50)51/h11-13,15-20,25-27H,7-10,14,21-24,28H2,1-6H3,(H3-,44,45,47,48,49,50,51). The number of carbonyl (C=O) groups is 2. The lowest BCUT2D eigenvalue weighted by Crippen LogP contribution is -2.48. The van der Waals surface area contributed by atoms with Crippen LogP contribution in [0, 0.1) is 6.92 Å². The molecular weight excluding hydrogens is 719 g/mol. The molecule has 4 aromatic carbocycles. The summed E-state index contributed by atoms with van der Waals surface area (Å²) in [6.07, 6.45) is 4.83. The first-order valence-corrected chi connectivity index (χ1v) is 21.2. The van der Waals surface area contributed by atoms with Gasteiger partial charge in [-0.15, -0.1) is 11.8 Å². The van der Waals surface area contributed by atoms with E-state index in [1.165, 1.54) is 6.07 Å². The van der Waals surface area contributed by atoms with E-state index < -0.39 is 10.1 Å². The number of thioether (sulfide) groups is 1. The monoisotopic (exact) mass is 771 g/mol. The number of ether oxygens (including phenoxy) is 1. The molecule has 5 rings (SSSR count). The maximum Gasteiger partial charge on any atom is 0.196 e. The first-order valence-electron chi connectivity index (χ1n) is 18.8.